The van der Waals surface area contributed by atoms with Crippen molar-refractivity contribution in [2.24, 2.45) is 0 Å². The number of hydrogen-bond acceptors (Lipinski definition) is 6. The van der Waals surface area contributed by atoms with Gasteiger partial charge < -0.3 is 14.2 Å². The van der Waals surface area contributed by atoms with Gasteiger partial charge in [0, 0.05) is 11.0 Å². The maximum Gasteiger partial charge on any atom is 0.338 e. The Kier molecular flexibility index (Phi) is 5.94. The first-order valence-corrected chi connectivity index (χ1v) is 7.80. The minimum atomic E-state index is -0.527. The van der Waals surface area contributed by atoms with Crippen LogP contribution < -0.4 is 9.47 Å². The van der Waals surface area contributed by atoms with Crippen molar-refractivity contribution >= 4 is 29.4 Å². The fraction of sp³-hybridized carbons (Fsp3) is 0.176. The summed E-state index contributed by atoms with van der Waals surface area (Å²) in [6.45, 7) is 2.01. The smallest absolute Gasteiger partial charge is 0.338 e. The van der Waals surface area contributed by atoms with E-state index in [0.29, 0.717) is 5.56 Å². The van der Waals surface area contributed by atoms with Crippen LogP contribution in [0.5, 0.6) is 11.5 Å². The number of hydrogen-bond donors (Lipinski definition) is 0. The highest BCUT2D eigenvalue weighted by molar-refractivity contribution is 7.10. The summed E-state index contributed by atoms with van der Waals surface area (Å²) in [4.78, 5) is 24.5. The summed E-state index contributed by atoms with van der Waals surface area (Å²) < 4.78 is 15.3. The summed E-state index contributed by atoms with van der Waals surface area (Å²) >= 11 is 1.52. The molecule has 0 radical (unpaired) electrons. The van der Waals surface area contributed by atoms with E-state index in [9.17, 15) is 9.59 Å². The molecular weight excluding hydrogens is 316 g/mol. The molecule has 1 aromatic carbocycles. The van der Waals surface area contributed by atoms with Gasteiger partial charge in [0.25, 0.3) is 0 Å². The third-order valence-corrected chi connectivity index (χ3v) is 3.65. The number of rotatable bonds is 6. The summed E-state index contributed by atoms with van der Waals surface area (Å²) in [5.41, 5.74) is 0.331. The first-order valence-electron chi connectivity index (χ1n) is 6.92. The SMILES string of the molecule is CCOC(=O)c1ccc(OC(=O)/C=C/c2cccs2)c(OC)c1. The second-order valence-corrected chi connectivity index (χ2v) is 5.34. The van der Waals surface area contributed by atoms with E-state index in [1.54, 1.807) is 13.0 Å². The number of benzene rings is 1. The number of ether oxygens (including phenoxy) is 3. The van der Waals surface area contributed by atoms with Crippen molar-refractivity contribution < 1.29 is 23.8 Å². The standard InChI is InChI=1S/C17H16O5S/c1-3-21-17(19)12-6-8-14(15(11-12)20-2)22-16(18)9-7-13-5-4-10-23-13/h4-11H,3H2,1-2H3/b9-7+. The molecule has 0 saturated heterocycles. The van der Waals surface area contributed by atoms with Crippen LogP contribution in [0.15, 0.2) is 41.8 Å². The van der Waals surface area contributed by atoms with Crippen LogP contribution >= 0.6 is 11.3 Å². The van der Waals surface area contributed by atoms with E-state index in [1.807, 2.05) is 17.5 Å². The zero-order chi connectivity index (χ0) is 16.7. The number of thiophene rings is 1. The van der Waals surface area contributed by atoms with E-state index in [-0.39, 0.29) is 18.1 Å². The summed E-state index contributed by atoms with van der Waals surface area (Å²) in [6.07, 6.45) is 3.01. The zero-order valence-corrected chi connectivity index (χ0v) is 13.6. The zero-order valence-electron chi connectivity index (χ0n) is 12.8. The lowest BCUT2D eigenvalue weighted by Crippen LogP contribution is -2.07. The summed E-state index contributed by atoms with van der Waals surface area (Å²) in [5.74, 6) is -0.461. The van der Waals surface area contributed by atoms with Gasteiger partial charge in [0.15, 0.2) is 11.5 Å². The molecule has 0 N–H and O–H groups in total. The Morgan fingerprint density at radius 2 is 2.04 bits per heavy atom. The molecule has 1 aromatic heterocycles. The fourth-order valence-electron chi connectivity index (χ4n) is 1.77. The second kappa shape index (κ2) is 8.14. The van der Waals surface area contributed by atoms with Gasteiger partial charge in [0.05, 0.1) is 19.3 Å². The first kappa shape index (κ1) is 16.8. The van der Waals surface area contributed by atoms with Gasteiger partial charge in [0.1, 0.15) is 0 Å². The van der Waals surface area contributed by atoms with Crippen LogP contribution in [0.4, 0.5) is 0 Å². The molecule has 0 saturated carbocycles. The van der Waals surface area contributed by atoms with Gasteiger partial charge in [-0.2, -0.15) is 0 Å². The van der Waals surface area contributed by atoms with Crippen LogP contribution in [0.2, 0.25) is 0 Å². The fourth-order valence-corrected chi connectivity index (χ4v) is 2.39. The van der Waals surface area contributed by atoms with Crippen molar-refractivity contribution in [2.45, 2.75) is 6.92 Å². The number of carbonyl (C=O) groups excluding carboxylic acids is 2. The lowest BCUT2D eigenvalue weighted by Gasteiger charge is -2.09. The second-order valence-electron chi connectivity index (χ2n) is 4.36. The molecule has 2 aromatic rings. The summed E-state index contributed by atoms with van der Waals surface area (Å²) in [5, 5.41) is 1.92. The third-order valence-electron chi connectivity index (χ3n) is 2.81. The lowest BCUT2D eigenvalue weighted by molar-refractivity contribution is -0.129. The Morgan fingerprint density at radius 1 is 1.22 bits per heavy atom. The molecule has 0 fully saturated rings. The molecular formula is C17H16O5S. The monoisotopic (exact) mass is 332 g/mol. The number of esters is 2. The van der Waals surface area contributed by atoms with Crippen molar-refractivity contribution in [3.63, 3.8) is 0 Å². The van der Waals surface area contributed by atoms with Crippen LogP contribution in [0.3, 0.4) is 0 Å². The van der Waals surface area contributed by atoms with Gasteiger partial charge in [-0.3, -0.25) is 0 Å². The van der Waals surface area contributed by atoms with Gasteiger partial charge in [-0.05, 0) is 42.6 Å². The molecule has 5 nitrogen and oxygen atoms in total. The van der Waals surface area contributed by atoms with Crippen LogP contribution in [-0.4, -0.2) is 25.7 Å². The molecule has 2 rings (SSSR count). The van der Waals surface area contributed by atoms with Gasteiger partial charge in [-0.25, -0.2) is 9.59 Å². The van der Waals surface area contributed by atoms with Gasteiger partial charge in [0.2, 0.25) is 0 Å². The molecule has 0 atom stereocenters. The van der Waals surface area contributed by atoms with E-state index in [1.165, 1.54) is 42.7 Å². The highest BCUT2D eigenvalue weighted by Crippen LogP contribution is 2.28. The largest absolute Gasteiger partial charge is 0.493 e. The molecule has 0 aliphatic carbocycles. The van der Waals surface area contributed by atoms with Crippen molar-refractivity contribution in [3.8, 4) is 11.5 Å². The quantitative estimate of drug-likeness (QED) is 0.460. The highest BCUT2D eigenvalue weighted by Gasteiger charge is 2.13. The Labute approximate surface area is 138 Å². The van der Waals surface area contributed by atoms with Gasteiger partial charge in [-0.15, -0.1) is 11.3 Å². The van der Waals surface area contributed by atoms with Crippen LogP contribution in [-0.2, 0) is 9.53 Å². The molecule has 0 aliphatic rings. The summed E-state index contributed by atoms with van der Waals surface area (Å²) in [7, 11) is 1.43. The van der Waals surface area contributed by atoms with Crippen LogP contribution in [0, 0.1) is 0 Å². The van der Waals surface area contributed by atoms with Gasteiger partial charge in [-0.1, -0.05) is 6.07 Å². The lowest BCUT2D eigenvalue weighted by atomic mass is 10.2. The Hall–Kier alpha value is -2.60. The predicted molar refractivity (Wildman–Crippen MR) is 87.9 cm³/mol. The Morgan fingerprint density at radius 3 is 2.70 bits per heavy atom. The van der Waals surface area contributed by atoms with E-state index >= 15 is 0 Å². The van der Waals surface area contributed by atoms with Crippen molar-refractivity contribution in [1.82, 2.24) is 0 Å². The molecule has 0 amide bonds. The predicted octanol–water partition coefficient (Wildman–Crippen LogP) is 3.55. The molecule has 120 valence electrons. The van der Waals surface area contributed by atoms with Crippen LogP contribution in [0.25, 0.3) is 6.08 Å². The van der Waals surface area contributed by atoms with E-state index in [4.69, 9.17) is 14.2 Å². The Balaban J connectivity index is 2.10. The molecule has 1 heterocycles. The molecule has 0 bridgehead atoms. The van der Waals surface area contributed by atoms with E-state index in [0.717, 1.165) is 4.88 Å². The minimum Gasteiger partial charge on any atom is -0.493 e. The normalized spacial score (nSPS) is 10.5. The maximum atomic E-state index is 11.8. The van der Waals surface area contributed by atoms with Crippen molar-refractivity contribution in [3.05, 3.63) is 52.2 Å². The Bertz CT molecular complexity index is 704. The molecule has 23 heavy (non-hydrogen) atoms. The number of carbonyl (C=O) groups is 2. The molecule has 0 unspecified atom stereocenters. The maximum absolute atomic E-state index is 11.8. The minimum absolute atomic E-state index is 0.237. The highest BCUT2D eigenvalue weighted by atomic mass is 32.1. The van der Waals surface area contributed by atoms with Gasteiger partial charge >= 0.3 is 11.9 Å². The third kappa shape index (κ3) is 4.69. The van der Waals surface area contributed by atoms with Crippen molar-refractivity contribution in [1.29, 1.82) is 0 Å². The average Bonchev–Trinajstić information content (AvgIpc) is 3.07. The molecule has 6 heteroatoms. The van der Waals surface area contributed by atoms with Crippen molar-refractivity contribution in [2.75, 3.05) is 13.7 Å². The number of methoxy groups -OCH3 is 1. The molecule has 0 spiro atoms. The molecule has 0 aliphatic heterocycles. The van der Waals surface area contributed by atoms with Crippen LogP contribution in [0.1, 0.15) is 22.2 Å². The average molecular weight is 332 g/mol. The summed E-state index contributed by atoms with van der Waals surface area (Å²) in [6, 6.07) is 8.29. The van der Waals surface area contributed by atoms with E-state index in [2.05, 4.69) is 0 Å². The first-order chi connectivity index (χ1) is 11.1. The van der Waals surface area contributed by atoms with E-state index < -0.39 is 11.9 Å². The topological polar surface area (TPSA) is 61.8 Å².